The van der Waals surface area contributed by atoms with Crippen molar-refractivity contribution >= 4 is 5.78 Å². The summed E-state index contributed by atoms with van der Waals surface area (Å²) in [5.74, 6) is 1.53. The topological polar surface area (TPSA) is 17.1 Å². The second-order valence-electron chi connectivity index (χ2n) is 5.07. The molecule has 0 bridgehead atoms. The van der Waals surface area contributed by atoms with E-state index in [0.29, 0.717) is 17.6 Å². The molecule has 2 fully saturated rings. The Balaban J connectivity index is 1.88. The Labute approximate surface area is 87.3 Å². The number of hydrogen-bond donors (Lipinski definition) is 0. The zero-order chi connectivity index (χ0) is 9.80. The third kappa shape index (κ3) is 2.37. The van der Waals surface area contributed by atoms with Gasteiger partial charge in [0, 0.05) is 11.8 Å². The zero-order valence-electron chi connectivity index (χ0n) is 9.13. The van der Waals surface area contributed by atoms with Gasteiger partial charge < -0.3 is 0 Å². The van der Waals surface area contributed by atoms with Crippen molar-refractivity contribution in [1.82, 2.24) is 0 Å². The molecule has 1 heteroatoms. The summed E-state index contributed by atoms with van der Waals surface area (Å²) < 4.78 is 0. The summed E-state index contributed by atoms with van der Waals surface area (Å²) in [4.78, 5) is 12.2. The van der Waals surface area contributed by atoms with Gasteiger partial charge in [-0.1, -0.05) is 38.5 Å². The molecular formula is C13H22O. The van der Waals surface area contributed by atoms with Crippen molar-refractivity contribution < 1.29 is 4.79 Å². The van der Waals surface area contributed by atoms with Crippen molar-refractivity contribution in [1.29, 1.82) is 0 Å². The van der Waals surface area contributed by atoms with Crippen LogP contribution in [0.2, 0.25) is 0 Å². The van der Waals surface area contributed by atoms with E-state index in [1.165, 1.54) is 64.2 Å². The van der Waals surface area contributed by atoms with Gasteiger partial charge in [-0.15, -0.1) is 0 Å². The molecule has 0 saturated heterocycles. The van der Waals surface area contributed by atoms with Crippen LogP contribution >= 0.6 is 0 Å². The third-order valence-electron chi connectivity index (χ3n) is 4.02. The Kier molecular flexibility index (Phi) is 3.61. The van der Waals surface area contributed by atoms with Crippen LogP contribution in [0.25, 0.3) is 0 Å². The highest BCUT2D eigenvalue weighted by atomic mass is 16.1. The van der Waals surface area contributed by atoms with Gasteiger partial charge in [-0.05, 0) is 25.7 Å². The summed E-state index contributed by atoms with van der Waals surface area (Å²) in [7, 11) is 0. The molecule has 0 amide bonds. The van der Waals surface area contributed by atoms with Crippen LogP contribution in [0.5, 0.6) is 0 Å². The largest absolute Gasteiger partial charge is 0.299 e. The Morgan fingerprint density at radius 1 is 0.643 bits per heavy atom. The molecule has 2 aliphatic carbocycles. The Hall–Kier alpha value is -0.330. The van der Waals surface area contributed by atoms with Gasteiger partial charge in [0.05, 0.1) is 0 Å². The van der Waals surface area contributed by atoms with Crippen LogP contribution in [0.4, 0.5) is 0 Å². The number of hydrogen-bond acceptors (Lipinski definition) is 1. The predicted octanol–water partition coefficient (Wildman–Crippen LogP) is 3.72. The second-order valence-corrected chi connectivity index (χ2v) is 5.07. The summed E-state index contributed by atoms with van der Waals surface area (Å²) in [6.07, 6.45) is 12.6. The minimum absolute atomic E-state index is 0.445. The maximum absolute atomic E-state index is 12.2. The minimum atomic E-state index is 0.445. The summed E-state index contributed by atoms with van der Waals surface area (Å²) >= 11 is 0. The third-order valence-corrected chi connectivity index (χ3v) is 4.02. The minimum Gasteiger partial charge on any atom is -0.299 e. The van der Waals surface area contributed by atoms with E-state index in [0.717, 1.165) is 0 Å². The molecular weight excluding hydrogens is 172 g/mol. The van der Waals surface area contributed by atoms with Crippen molar-refractivity contribution in [3.8, 4) is 0 Å². The lowest BCUT2D eigenvalue weighted by atomic mass is 9.87. The molecule has 0 N–H and O–H groups in total. The van der Waals surface area contributed by atoms with E-state index in [1.54, 1.807) is 0 Å². The average Bonchev–Trinajstić information content (AvgIpc) is 2.59. The molecule has 0 aromatic carbocycles. The monoisotopic (exact) mass is 194 g/mol. The van der Waals surface area contributed by atoms with Crippen molar-refractivity contribution in [2.24, 2.45) is 11.8 Å². The smallest absolute Gasteiger partial charge is 0.139 e. The van der Waals surface area contributed by atoms with Crippen LogP contribution in [-0.2, 0) is 4.79 Å². The van der Waals surface area contributed by atoms with Gasteiger partial charge in [-0.2, -0.15) is 0 Å². The van der Waals surface area contributed by atoms with E-state index in [-0.39, 0.29) is 0 Å². The molecule has 2 rings (SSSR count). The first-order chi connectivity index (χ1) is 6.88. The summed E-state index contributed by atoms with van der Waals surface area (Å²) in [5.41, 5.74) is 0. The normalized spacial score (nSPS) is 26.3. The molecule has 0 heterocycles. The van der Waals surface area contributed by atoms with Gasteiger partial charge in [-0.3, -0.25) is 4.79 Å². The first-order valence-corrected chi connectivity index (χ1v) is 6.41. The van der Waals surface area contributed by atoms with E-state index >= 15 is 0 Å². The Morgan fingerprint density at radius 2 is 1.00 bits per heavy atom. The van der Waals surface area contributed by atoms with Gasteiger partial charge in [0.1, 0.15) is 5.78 Å². The molecule has 0 radical (unpaired) electrons. The highest BCUT2D eigenvalue weighted by molar-refractivity contribution is 5.83. The molecule has 0 aliphatic heterocycles. The first kappa shape index (κ1) is 10.2. The van der Waals surface area contributed by atoms with E-state index in [1.807, 2.05) is 0 Å². The maximum Gasteiger partial charge on any atom is 0.139 e. The van der Waals surface area contributed by atoms with Gasteiger partial charge in [0.2, 0.25) is 0 Å². The molecule has 0 aromatic heterocycles. The average molecular weight is 194 g/mol. The Bertz CT molecular complexity index is 183. The lowest BCUT2D eigenvalue weighted by Crippen LogP contribution is -2.21. The fourth-order valence-electron chi connectivity index (χ4n) is 3.11. The molecule has 0 atom stereocenters. The van der Waals surface area contributed by atoms with Crippen molar-refractivity contribution in [2.45, 2.75) is 64.2 Å². The molecule has 14 heavy (non-hydrogen) atoms. The van der Waals surface area contributed by atoms with Crippen LogP contribution < -0.4 is 0 Å². The van der Waals surface area contributed by atoms with Gasteiger partial charge in [0.15, 0.2) is 0 Å². The predicted molar refractivity (Wildman–Crippen MR) is 58.2 cm³/mol. The lowest BCUT2D eigenvalue weighted by molar-refractivity contribution is -0.127. The second kappa shape index (κ2) is 4.95. The van der Waals surface area contributed by atoms with E-state index in [9.17, 15) is 4.79 Å². The highest BCUT2D eigenvalue weighted by Gasteiger charge is 2.29. The molecule has 1 nitrogen and oxygen atoms in total. The molecule has 2 aliphatic rings. The number of Topliss-reactive ketones (excluding diaryl/α,β-unsaturated/α-hetero) is 1. The van der Waals surface area contributed by atoms with Gasteiger partial charge >= 0.3 is 0 Å². The molecule has 80 valence electrons. The van der Waals surface area contributed by atoms with Crippen LogP contribution in [-0.4, -0.2) is 5.78 Å². The summed E-state index contributed by atoms with van der Waals surface area (Å²) in [6, 6.07) is 0. The van der Waals surface area contributed by atoms with Gasteiger partial charge in [0.25, 0.3) is 0 Å². The van der Waals surface area contributed by atoms with Crippen molar-refractivity contribution in [3.05, 3.63) is 0 Å². The first-order valence-electron chi connectivity index (χ1n) is 6.41. The van der Waals surface area contributed by atoms with E-state index in [2.05, 4.69) is 0 Å². The van der Waals surface area contributed by atoms with Crippen LogP contribution in [0.1, 0.15) is 64.2 Å². The molecule has 0 unspecified atom stereocenters. The number of carbonyl (C=O) groups excluding carboxylic acids is 1. The van der Waals surface area contributed by atoms with E-state index in [4.69, 9.17) is 0 Å². The van der Waals surface area contributed by atoms with Crippen LogP contribution in [0.15, 0.2) is 0 Å². The van der Waals surface area contributed by atoms with Gasteiger partial charge in [-0.25, -0.2) is 0 Å². The van der Waals surface area contributed by atoms with Crippen molar-refractivity contribution in [3.63, 3.8) is 0 Å². The fourth-order valence-corrected chi connectivity index (χ4v) is 3.11. The molecule has 0 aromatic rings. The SMILES string of the molecule is O=C(C1CCCCCC1)C1CCCC1. The summed E-state index contributed by atoms with van der Waals surface area (Å²) in [5, 5.41) is 0. The van der Waals surface area contributed by atoms with Crippen molar-refractivity contribution in [2.75, 3.05) is 0 Å². The quantitative estimate of drug-likeness (QED) is 0.612. The number of carbonyl (C=O) groups is 1. The molecule has 0 spiro atoms. The summed E-state index contributed by atoms with van der Waals surface area (Å²) in [6.45, 7) is 0. The number of rotatable bonds is 2. The maximum atomic E-state index is 12.2. The lowest BCUT2D eigenvalue weighted by Gasteiger charge is -2.16. The van der Waals surface area contributed by atoms with Crippen LogP contribution in [0, 0.1) is 11.8 Å². The van der Waals surface area contributed by atoms with Crippen LogP contribution in [0.3, 0.4) is 0 Å². The fraction of sp³-hybridized carbons (Fsp3) is 0.923. The standard InChI is InChI=1S/C13H22O/c14-13(12-9-5-6-10-12)11-7-3-1-2-4-8-11/h11-12H,1-10H2. The van der Waals surface area contributed by atoms with E-state index < -0.39 is 0 Å². The Morgan fingerprint density at radius 3 is 1.43 bits per heavy atom. The highest BCUT2D eigenvalue weighted by Crippen LogP contribution is 2.32. The number of ketones is 1. The molecule has 2 saturated carbocycles. The zero-order valence-corrected chi connectivity index (χ0v) is 9.13.